The monoisotopic (exact) mass is 375 g/mol. The molecule has 2 aromatic heterocycles. The molecule has 0 radical (unpaired) electrons. The molecule has 0 atom stereocenters. The first-order chi connectivity index (χ1) is 12.2. The van der Waals surface area contributed by atoms with Gasteiger partial charge in [-0.15, -0.1) is 0 Å². The summed E-state index contributed by atoms with van der Waals surface area (Å²) in [6.07, 6.45) is 2.84. The summed E-state index contributed by atoms with van der Waals surface area (Å²) in [5, 5.41) is 10.0. The number of rotatable bonds is 4. The number of aromatic nitrogens is 3. The van der Waals surface area contributed by atoms with Crippen molar-refractivity contribution in [1.82, 2.24) is 14.1 Å². The van der Waals surface area contributed by atoms with Crippen LogP contribution in [0.5, 0.6) is 5.75 Å². The van der Waals surface area contributed by atoms with Crippen LogP contribution in [0, 0.1) is 0 Å². The average molecular weight is 376 g/mol. The molecule has 0 bridgehead atoms. The van der Waals surface area contributed by atoms with Gasteiger partial charge in [-0.25, -0.2) is 4.98 Å². The van der Waals surface area contributed by atoms with Crippen LogP contribution in [-0.4, -0.2) is 31.0 Å². The molecule has 0 aliphatic carbocycles. The number of hydrogen-bond donors (Lipinski definition) is 3. The summed E-state index contributed by atoms with van der Waals surface area (Å²) in [4.78, 5) is 39.7. The molecule has 0 fully saturated rings. The van der Waals surface area contributed by atoms with Crippen molar-refractivity contribution in [1.29, 1.82) is 0 Å². The van der Waals surface area contributed by atoms with E-state index in [1.165, 1.54) is 40.8 Å². The lowest BCUT2D eigenvalue weighted by molar-refractivity contribution is -0.118. The largest absolute Gasteiger partial charge is 0.506 e. The van der Waals surface area contributed by atoms with E-state index in [4.69, 9.17) is 23.1 Å². The number of hydrogen-bond acceptors (Lipinski definition) is 5. The number of fused-ring (bicyclic) bond motifs is 1. The highest BCUT2D eigenvalue weighted by atomic mass is 35.5. The molecule has 26 heavy (non-hydrogen) atoms. The van der Waals surface area contributed by atoms with E-state index < -0.39 is 17.6 Å². The zero-order valence-electron chi connectivity index (χ0n) is 13.6. The number of amides is 2. The molecule has 0 saturated carbocycles. The Morgan fingerprint density at radius 2 is 2.00 bits per heavy atom. The van der Waals surface area contributed by atoms with Crippen molar-refractivity contribution in [3.05, 3.63) is 45.6 Å². The number of carbonyl (C=O) groups excluding carboxylic acids is 2. The summed E-state index contributed by atoms with van der Waals surface area (Å²) in [7, 11) is 1.53. The summed E-state index contributed by atoms with van der Waals surface area (Å²) in [6.45, 7) is -0.189. The van der Waals surface area contributed by atoms with E-state index in [1.54, 1.807) is 0 Å². The summed E-state index contributed by atoms with van der Waals surface area (Å²) in [5.41, 5.74) is 11.0. The Morgan fingerprint density at radius 1 is 1.31 bits per heavy atom. The number of benzene rings is 1. The maximum atomic E-state index is 12.6. The Balaban J connectivity index is 2.39. The van der Waals surface area contributed by atoms with Gasteiger partial charge in [0.25, 0.3) is 11.5 Å². The molecule has 9 nitrogen and oxygen atoms in total. The number of aryl methyl sites for hydroxylation is 1. The minimum absolute atomic E-state index is 0.104. The average Bonchev–Trinajstić information content (AvgIpc) is 2.91. The maximum Gasteiger partial charge on any atom is 0.263 e. The van der Waals surface area contributed by atoms with Crippen molar-refractivity contribution in [3.63, 3.8) is 0 Å². The quantitative estimate of drug-likeness (QED) is 0.601. The Kier molecular flexibility index (Phi) is 4.17. The molecule has 0 aliphatic rings. The molecule has 1 aromatic carbocycles. The van der Waals surface area contributed by atoms with Gasteiger partial charge in [-0.1, -0.05) is 11.6 Å². The van der Waals surface area contributed by atoms with Crippen molar-refractivity contribution < 1.29 is 14.7 Å². The Hall–Kier alpha value is -3.33. The molecule has 3 rings (SSSR count). The second-order valence-corrected chi connectivity index (χ2v) is 6.12. The molecule has 0 unspecified atom stereocenters. The molecule has 0 saturated heterocycles. The first-order valence-electron chi connectivity index (χ1n) is 7.36. The molecule has 10 heteroatoms. The van der Waals surface area contributed by atoms with Crippen LogP contribution < -0.4 is 17.0 Å². The predicted molar refractivity (Wildman–Crippen MR) is 94.8 cm³/mol. The number of phenols is 1. The Bertz CT molecular complexity index is 1130. The molecule has 134 valence electrons. The molecule has 3 aromatic rings. The van der Waals surface area contributed by atoms with Gasteiger partial charge < -0.3 is 25.7 Å². The van der Waals surface area contributed by atoms with Gasteiger partial charge in [-0.3, -0.25) is 14.4 Å². The molecule has 2 heterocycles. The lowest BCUT2D eigenvalue weighted by Gasteiger charge is -2.07. The van der Waals surface area contributed by atoms with Crippen molar-refractivity contribution in [3.8, 4) is 16.9 Å². The van der Waals surface area contributed by atoms with Crippen LogP contribution in [0.3, 0.4) is 0 Å². The second kappa shape index (κ2) is 6.19. The first-order valence-corrected chi connectivity index (χ1v) is 7.74. The van der Waals surface area contributed by atoms with Gasteiger partial charge in [-0.2, -0.15) is 0 Å². The number of aromatic hydroxyl groups is 1. The number of halogens is 1. The molecular weight excluding hydrogens is 362 g/mol. The van der Waals surface area contributed by atoms with Crippen molar-refractivity contribution in [2.24, 2.45) is 18.5 Å². The lowest BCUT2D eigenvalue weighted by atomic mass is 10.0. The number of primary amides is 2. The van der Waals surface area contributed by atoms with Gasteiger partial charge in [0.1, 0.15) is 17.9 Å². The van der Waals surface area contributed by atoms with Crippen LogP contribution in [0.4, 0.5) is 0 Å². The van der Waals surface area contributed by atoms with Gasteiger partial charge in [0.05, 0.1) is 22.3 Å². The van der Waals surface area contributed by atoms with Crippen LogP contribution in [0.2, 0.25) is 5.02 Å². The maximum absolute atomic E-state index is 12.6. The van der Waals surface area contributed by atoms with E-state index in [2.05, 4.69) is 4.98 Å². The molecular formula is C16H14ClN5O4. The van der Waals surface area contributed by atoms with Crippen LogP contribution in [0.1, 0.15) is 10.4 Å². The van der Waals surface area contributed by atoms with Crippen LogP contribution in [0.25, 0.3) is 22.2 Å². The highest BCUT2D eigenvalue weighted by Gasteiger charge is 2.20. The molecule has 0 aliphatic heterocycles. The van der Waals surface area contributed by atoms with Crippen molar-refractivity contribution >= 4 is 34.4 Å². The van der Waals surface area contributed by atoms with E-state index in [0.29, 0.717) is 11.1 Å². The second-order valence-electron chi connectivity index (χ2n) is 5.71. The van der Waals surface area contributed by atoms with Crippen LogP contribution in [0.15, 0.2) is 29.5 Å². The van der Waals surface area contributed by atoms with Gasteiger partial charge in [0.15, 0.2) is 0 Å². The van der Waals surface area contributed by atoms with Crippen LogP contribution in [-0.2, 0) is 18.4 Å². The van der Waals surface area contributed by atoms with E-state index >= 15 is 0 Å². The van der Waals surface area contributed by atoms with Gasteiger partial charge >= 0.3 is 0 Å². The molecule has 2 amide bonds. The summed E-state index contributed by atoms with van der Waals surface area (Å²) >= 11 is 5.99. The molecule has 0 spiro atoms. The molecule has 5 N–H and O–H groups in total. The third kappa shape index (κ3) is 2.78. The van der Waals surface area contributed by atoms with Gasteiger partial charge in [0.2, 0.25) is 5.91 Å². The zero-order chi connectivity index (χ0) is 19.2. The minimum atomic E-state index is -0.877. The van der Waals surface area contributed by atoms with E-state index in [1.807, 2.05) is 0 Å². The third-order valence-corrected chi connectivity index (χ3v) is 4.19. The summed E-state index contributed by atoms with van der Waals surface area (Å²) in [5.74, 6) is -1.94. The summed E-state index contributed by atoms with van der Waals surface area (Å²) in [6, 6.07) is 2.71. The number of carbonyl (C=O) groups is 2. The highest BCUT2D eigenvalue weighted by Crippen LogP contribution is 2.35. The highest BCUT2D eigenvalue weighted by molar-refractivity contribution is 6.33. The predicted octanol–water partition coefficient (Wildman–Crippen LogP) is 0.345. The van der Waals surface area contributed by atoms with Gasteiger partial charge in [-0.05, 0) is 17.7 Å². The smallest absolute Gasteiger partial charge is 0.263 e. The lowest BCUT2D eigenvalue weighted by Crippen LogP contribution is -2.20. The van der Waals surface area contributed by atoms with Crippen molar-refractivity contribution in [2.45, 2.75) is 6.54 Å². The number of nitrogens with two attached hydrogens (primary N) is 2. The van der Waals surface area contributed by atoms with Crippen molar-refractivity contribution in [2.75, 3.05) is 0 Å². The zero-order valence-corrected chi connectivity index (χ0v) is 14.3. The third-order valence-electron chi connectivity index (χ3n) is 3.90. The van der Waals surface area contributed by atoms with E-state index in [9.17, 15) is 19.5 Å². The standard InChI is InChI=1S/C16H14ClN5O4/c1-21-6-20-15-12(16(21)26)9(4-22(15)5-11(18)23)7-2-8(14(19)25)13(24)10(17)3-7/h2-4,6,24H,5H2,1H3,(H2,18,23)(H2,19,25). The fourth-order valence-electron chi connectivity index (χ4n) is 2.71. The Morgan fingerprint density at radius 3 is 2.62 bits per heavy atom. The topological polar surface area (TPSA) is 146 Å². The van der Waals surface area contributed by atoms with E-state index in [-0.39, 0.29) is 33.7 Å². The fourth-order valence-corrected chi connectivity index (χ4v) is 2.93. The minimum Gasteiger partial charge on any atom is -0.506 e. The van der Waals surface area contributed by atoms with E-state index in [0.717, 1.165) is 0 Å². The fraction of sp³-hybridized carbons (Fsp3) is 0.125. The SMILES string of the molecule is Cn1cnc2c(c(-c3cc(Cl)c(O)c(C(N)=O)c3)cn2CC(N)=O)c1=O. The Labute approximate surface area is 151 Å². The normalized spacial score (nSPS) is 11.0. The first kappa shape index (κ1) is 17.5. The van der Waals surface area contributed by atoms with Gasteiger partial charge in [0, 0.05) is 18.8 Å². The van der Waals surface area contributed by atoms with Crippen LogP contribution >= 0.6 is 11.6 Å². The summed E-state index contributed by atoms with van der Waals surface area (Å²) < 4.78 is 2.70. The number of nitrogens with zero attached hydrogens (tertiary/aromatic N) is 3.